The summed E-state index contributed by atoms with van der Waals surface area (Å²) in [7, 11) is 0. The van der Waals surface area contributed by atoms with Crippen LogP contribution in [-0.2, 0) is 12.6 Å². The van der Waals surface area contributed by atoms with Gasteiger partial charge in [0.25, 0.3) is 0 Å². The number of unbranched alkanes of at least 4 members (excludes halogenated alkanes) is 1. The van der Waals surface area contributed by atoms with E-state index in [2.05, 4.69) is 20.6 Å². The monoisotopic (exact) mass is 486 g/mol. The number of urea groups is 1. The van der Waals surface area contributed by atoms with E-state index in [1.807, 2.05) is 6.07 Å². The molecule has 35 heavy (non-hydrogen) atoms. The Balaban J connectivity index is 1.39. The average Bonchev–Trinajstić information content (AvgIpc) is 3.31. The highest BCUT2D eigenvalue weighted by atomic mass is 19.4. The quantitative estimate of drug-likeness (QED) is 0.180. The molecule has 0 unspecified atom stereocenters. The van der Waals surface area contributed by atoms with Gasteiger partial charge in [0.15, 0.2) is 0 Å². The van der Waals surface area contributed by atoms with Gasteiger partial charge in [0, 0.05) is 23.8 Å². The third-order valence-electron chi connectivity index (χ3n) is 5.26. The molecule has 0 fully saturated rings. The zero-order valence-electron chi connectivity index (χ0n) is 18.5. The lowest BCUT2D eigenvalue weighted by atomic mass is 10.0. The molecule has 0 saturated carbocycles. The average molecular weight is 486 g/mol. The number of carbonyl (C=O) groups excluding carboxylic acids is 1. The van der Waals surface area contributed by atoms with Crippen molar-refractivity contribution in [2.24, 2.45) is 0 Å². The fraction of sp³-hybridized carbons (Fsp3) is 0.200. The summed E-state index contributed by atoms with van der Waals surface area (Å²) < 4.78 is 58.6. The van der Waals surface area contributed by atoms with Crippen molar-refractivity contribution in [3.05, 3.63) is 78.1 Å². The van der Waals surface area contributed by atoms with E-state index >= 15 is 0 Å². The summed E-state index contributed by atoms with van der Waals surface area (Å²) in [6, 6.07) is 13.0. The molecule has 0 aliphatic carbocycles. The van der Waals surface area contributed by atoms with E-state index < -0.39 is 24.4 Å². The molecule has 10 heteroatoms. The first-order valence-electron chi connectivity index (χ1n) is 10.9. The molecule has 0 radical (unpaired) electrons. The second kappa shape index (κ2) is 10.5. The Hall–Kier alpha value is -4.08. The highest BCUT2D eigenvalue weighted by Crippen LogP contribution is 2.35. The number of aromatic amines is 1. The van der Waals surface area contributed by atoms with E-state index in [-0.39, 0.29) is 24.1 Å². The van der Waals surface area contributed by atoms with Gasteiger partial charge < -0.3 is 20.4 Å². The smallest absolute Gasteiger partial charge is 0.416 e. The Labute approximate surface area is 198 Å². The molecule has 3 N–H and O–H groups in total. The SMILES string of the molecule is O=C(Nc1ccc(Oc2ccnc3[nH]ccc23)cc1)Nc1ccc(CCCCF)c(C(F)(F)F)c1. The maximum Gasteiger partial charge on any atom is 0.416 e. The number of fused-ring (bicyclic) bond motifs is 1. The fourth-order valence-electron chi connectivity index (χ4n) is 3.60. The molecule has 0 atom stereocenters. The number of hydrogen-bond acceptors (Lipinski definition) is 3. The van der Waals surface area contributed by atoms with Gasteiger partial charge in [0.2, 0.25) is 0 Å². The van der Waals surface area contributed by atoms with Gasteiger partial charge in [0.05, 0.1) is 17.6 Å². The second-order valence-electron chi connectivity index (χ2n) is 7.77. The van der Waals surface area contributed by atoms with Crippen molar-refractivity contribution in [3.8, 4) is 11.5 Å². The molecule has 0 aliphatic rings. The van der Waals surface area contributed by atoms with Crippen molar-refractivity contribution in [2.45, 2.75) is 25.4 Å². The molecule has 0 aliphatic heterocycles. The van der Waals surface area contributed by atoms with Crippen LogP contribution < -0.4 is 15.4 Å². The molecule has 4 aromatic rings. The second-order valence-corrected chi connectivity index (χ2v) is 7.77. The molecule has 2 heterocycles. The standard InChI is InChI=1S/C25H22F4N4O2/c26-12-2-1-3-16-4-5-18(15-21(16)25(27,28)29)33-24(34)32-17-6-8-19(9-7-17)35-22-11-14-31-23-20(22)10-13-30-23/h4-11,13-15H,1-3,12H2,(H,30,31)(H2,32,33,34). The Morgan fingerprint density at radius 1 is 0.971 bits per heavy atom. The van der Waals surface area contributed by atoms with Crippen LogP contribution in [0.5, 0.6) is 11.5 Å². The number of aryl methyl sites for hydroxylation is 1. The Bertz CT molecular complexity index is 1300. The third kappa shape index (κ3) is 6.08. The Morgan fingerprint density at radius 3 is 2.46 bits per heavy atom. The van der Waals surface area contributed by atoms with Gasteiger partial charge in [-0.05, 0) is 73.4 Å². The largest absolute Gasteiger partial charge is 0.457 e. The van der Waals surface area contributed by atoms with Crippen LogP contribution in [0.15, 0.2) is 67.0 Å². The number of nitrogens with zero attached hydrogens (tertiary/aromatic N) is 1. The summed E-state index contributed by atoms with van der Waals surface area (Å²) in [6.45, 7) is -0.575. The van der Waals surface area contributed by atoms with Crippen LogP contribution in [0.4, 0.5) is 33.7 Å². The maximum absolute atomic E-state index is 13.5. The first-order chi connectivity index (χ1) is 16.8. The van der Waals surface area contributed by atoms with Crippen LogP contribution in [0.1, 0.15) is 24.0 Å². The fourth-order valence-corrected chi connectivity index (χ4v) is 3.60. The van der Waals surface area contributed by atoms with E-state index in [1.165, 1.54) is 12.1 Å². The topological polar surface area (TPSA) is 79.0 Å². The predicted octanol–water partition coefficient (Wildman–Crippen LogP) is 7.31. The number of halogens is 4. The summed E-state index contributed by atoms with van der Waals surface area (Å²) in [4.78, 5) is 19.5. The van der Waals surface area contributed by atoms with Gasteiger partial charge in [-0.15, -0.1) is 0 Å². The van der Waals surface area contributed by atoms with Crippen LogP contribution in [0.3, 0.4) is 0 Å². The number of H-pyrrole nitrogens is 1. The van der Waals surface area contributed by atoms with Crippen LogP contribution in [0.2, 0.25) is 0 Å². The highest BCUT2D eigenvalue weighted by Gasteiger charge is 2.33. The minimum absolute atomic E-state index is 0.00257. The van der Waals surface area contributed by atoms with Crippen LogP contribution in [0, 0.1) is 0 Å². The Kier molecular flexibility index (Phi) is 7.19. The highest BCUT2D eigenvalue weighted by molar-refractivity contribution is 5.99. The molecule has 4 rings (SSSR count). The van der Waals surface area contributed by atoms with E-state index in [9.17, 15) is 22.4 Å². The summed E-state index contributed by atoms with van der Waals surface area (Å²) in [5, 5.41) is 5.82. The van der Waals surface area contributed by atoms with Crippen molar-refractivity contribution in [1.29, 1.82) is 0 Å². The molecule has 0 saturated heterocycles. The summed E-state index contributed by atoms with van der Waals surface area (Å²) in [5.74, 6) is 1.14. The van der Waals surface area contributed by atoms with Gasteiger partial charge in [-0.2, -0.15) is 13.2 Å². The predicted molar refractivity (Wildman–Crippen MR) is 126 cm³/mol. The van der Waals surface area contributed by atoms with Gasteiger partial charge >= 0.3 is 12.2 Å². The van der Waals surface area contributed by atoms with Crippen molar-refractivity contribution in [2.75, 3.05) is 17.3 Å². The van der Waals surface area contributed by atoms with Crippen molar-refractivity contribution >= 4 is 28.4 Å². The molecular formula is C25H22F4N4O2. The third-order valence-corrected chi connectivity index (χ3v) is 5.26. The number of amides is 2. The summed E-state index contributed by atoms with van der Waals surface area (Å²) in [5.41, 5.74) is 0.341. The number of hydrogen-bond donors (Lipinski definition) is 3. The van der Waals surface area contributed by atoms with E-state index in [1.54, 1.807) is 42.7 Å². The Morgan fingerprint density at radius 2 is 1.71 bits per heavy atom. The number of pyridine rings is 1. The molecule has 2 aromatic heterocycles. The minimum Gasteiger partial charge on any atom is -0.457 e. The van der Waals surface area contributed by atoms with Crippen LogP contribution in [0.25, 0.3) is 11.0 Å². The number of anilines is 2. The number of benzene rings is 2. The number of carbonyl (C=O) groups is 1. The van der Waals surface area contributed by atoms with Crippen molar-refractivity contribution < 1.29 is 27.1 Å². The van der Waals surface area contributed by atoms with Gasteiger partial charge in [-0.25, -0.2) is 9.78 Å². The normalized spacial score (nSPS) is 11.4. The molecule has 6 nitrogen and oxygen atoms in total. The van der Waals surface area contributed by atoms with Crippen LogP contribution in [-0.4, -0.2) is 22.7 Å². The summed E-state index contributed by atoms with van der Waals surface area (Å²) >= 11 is 0. The molecule has 0 bridgehead atoms. The van der Waals surface area contributed by atoms with Gasteiger partial charge in [0.1, 0.15) is 17.1 Å². The number of alkyl halides is 4. The van der Waals surface area contributed by atoms with Gasteiger partial charge in [-0.1, -0.05) is 6.07 Å². The van der Waals surface area contributed by atoms with E-state index in [0.29, 0.717) is 29.3 Å². The van der Waals surface area contributed by atoms with Crippen molar-refractivity contribution in [3.63, 3.8) is 0 Å². The zero-order valence-corrected chi connectivity index (χ0v) is 18.5. The van der Waals surface area contributed by atoms with Gasteiger partial charge in [-0.3, -0.25) is 4.39 Å². The number of aromatic nitrogens is 2. The maximum atomic E-state index is 13.5. The lowest BCUT2D eigenvalue weighted by Gasteiger charge is -2.15. The lowest BCUT2D eigenvalue weighted by molar-refractivity contribution is -0.138. The lowest BCUT2D eigenvalue weighted by Crippen LogP contribution is -2.20. The van der Waals surface area contributed by atoms with E-state index in [0.717, 1.165) is 11.5 Å². The summed E-state index contributed by atoms with van der Waals surface area (Å²) in [6.07, 6.45) is -0.597. The molecule has 182 valence electrons. The molecule has 2 aromatic carbocycles. The number of nitrogens with one attached hydrogen (secondary N) is 3. The first-order valence-corrected chi connectivity index (χ1v) is 10.9. The van der Waals surface area contributed by atoms with Crippen molar-refractivity contribution in [1.82, 2.24) is 9.97 Å². The molecule has 2 amide bonds. The molecule has 0 spiro atoms. The molecular weight excluding hydrogens is 464 g/mol. The zero-order chi connectivity index (χ0) is 24.8. The number of ether oxygens (including phenoxy) is 1. The number of rotatable bonds is 8. The minimum atomic E-state index is -4.59. The van der Waals surface area contributed by atoms with Crippen LogP contribution >= 0.6 is 0 Å². The first kappa shape index (κ1) is 24.1. The van der Waals surface area contributed by atoms with E-state index in [4.69, 9.17) is 4.74 Å².